The van der Waals surface area contributed by atoms with Crippen molar-refractivity contribution < 1.29 is 29.4 Å². The molecule has 0 aromatic heterocycles. The molecule has 0 unspecified atom stereocenters. The third kappa shape index (κ3) is 0.924. The van der Waals surface area contributed by atoms with E-state index in [4.69, 9.17) is 10.2 Å². The number of aliphatic carboxylic acids is 2. The Morgan fingerprint density at radius 2 is 1.29 bits per heavy atom. The zero-order valence-corrected chi connectivity index (χ0v) is 8.75. The van der Waals surface area contributed by atoms with Gasteiger partial charge in [-0.1, -0.05) is 0 Å². The lowest BCUT2D eigenvalue weighted by Crippen LogP contribution is -2.40. The molecule has 2 bridgehead atoms. The molecule has 0 aliphatic heterocycles. The van der Waals surface area contributed by atoms with Crippen LogP contribution in [0.5, 0.6) is 0 Å². The van der Waals surface area contributed by atoms with E-state index in [-0.39, 0.29) is 24.4 Å². The van der Waals surface area contributed by atoms with E-state index in [0.29, 0.717) is 0 Å². The maximum atomic E-state index is 11.6. The lowest BCUT2D eigenvalue weighted by Gasteiger charge is -2.31. The Balaban J connectivity index is 2.10. The summed E-state index contributed by atoms with van der Waals surface area (Å²) in [7, 11) is 0. The molecule has 0 amide bonds. The fourth-order valence-corrected chi connectivity index (χ4v) is 3.86. The number of Topliss-reactive ketones (excluding diaryl/α,β-unsaturated/α-hetero) is 2. The number of rotatable bonds is 2. The second kappa shape index (κ2) is 2.75. The van der Waals surface area contributed by atoms with Gasteiger partial charge in [-0.3, -0.25) is 19.2 Å². The third-order valence-corrected chi connectivity index (χ3v) is 4.57. The fraction of sp³-hybridized carbons (Fsp3) is 0.636. The van der Waals surface area contributed by atoms with Crippen LogP contribution < -0.4 is 0 Å². The Bertz CT molecular complexity index is 434. The van der Waals surface area contributed by atoms with Gasteiger partial charge in [0.2, 0.25) is 0 Å². The van der Waals surface area contributed by atoms with Gasteiger partial charge in [0.05, 0.1) is 0 Å². The number of carbonyl (C=O) groups excluding carboxylic acids is 2. The number of ketones is 2. The molecule has 6 nitrogen and oxygen atoms in total. The largest absolute Gasteiger partial charge is 0.480 e. The molecule has 6 heteroatoms. The molecule has 0 spiro atoms. The minimum absolute atomic E-state index is 0.0208. The lowest BCUT2D eigenvalue weighted by molar-refractivity contribution is -0.158. The minimum atomic E-state index is -1.90. The quantitative estimate of drug-likeness (QED) is 0.631. The molecule has 0 heterocycles. The molecule has 0 saturated heterocycles. The van der Waals surface area contributed by atoms with Crippen molar-refractivity contribution in [3.63, 3.8) is 0 Å². The Morgan fingerprint density at radius 1 is 0.941 bits per heavy atom. The molecular weight excluding hydrogens is 228 g/mol. The third-order valence-electron chi connectivity index (χ3n) is 4.57. The molecule has 4 rings (SSSR count). The molecular formula is C11H10O6. The smallest absolute Gasteiger partial charge is 0.321 e. The van der Waals surface area contributed by atoms with Gasteiger partial charge in [0, 0.05) is 36.5 Å². The summed E-state index contributed by atoms with van der Waals surface area (Å²) in [5.74, 6) is -5.88. The number of hydrogen-bond donors (Lipinski definition) is 2. The average Bonchev–Trinajstić information content (AvgIpc) is 2.92. The van der Waals surface area contributed by atoms with Gasteiger partial charge < -0.3 is 10.2 Å². The summed E-state index contributed by atoms with van der Waals surface area (Å²) in [4.78, 5) is 45.7. The molecule has 4 fully saturated rings. The predicted octanol–water partition coefficient (Wildman–Crippen LogP) is -0.434. The second-order valence-corrected chi connectivity index (χ2v) is 5.08. The van der Waals surface area contributed by atoms with Crippen LogP contribution >= 0.6 is 0 Å². The van der Waals surface area contributed by atoms with Crippen molar-refractivity contribution in [3.8, 4) is 0 Å². The monoisotopic (exact) mass is 238 g/mol. The van der Waals surface area contributed by atoms with Crippen LogP contribution in [0.2, 0.25) is 0 Å². The number of carboxylic acid groups (broad SMARTS) is 2. The highest BCUT2D eigenvalue weighted by Crippen LogP contribution is 2.72. The molecule has 90 valence electrons. The minimum Gasteiger partial charge on any atom is -0.480 e. The van der Waals surface area contributed by atoms with Gasteiger partial charge in [-0.05, 0) is 0 Å². The average molecular weight is 238 g/mol. The van der Waals surface area contributed by atoms with Crippen molar-refractivity contribution in [2.75, 3.05) is 0 Å². The van der Waals surface area contributed by atoms with Crippen molar-refractivity contribution in [1.82, 2.24) is 0 Å². The van der Waals surface area contributed by atoms with E-state index >= 15 is 0 Å². The van der Waals surface area contributed by atoms with Crippen molar-refractivity contribution in [3.05, 3.63) is 0 Å². The zero-order valence-electron chi connectivity index (χ0n) is 8.75. The van der Waals surface area contributed by atoms with Crippen LogP contribution in [0, 0.1) is 29.1 Å². The van der Waals surface area contributed by atoms with Gasteiger partial charge in [0.15, 0.2) is 5.41 Å². The highest BCUT2D eigenvalue weighted by Gasteiger charge is 2.83. The second-order valence-electron chi connectivity index (χ2n) is 5.08. The van der Waals surface area contributed by atoms with Gasteiger partial charge in [-0.25, -0.2) is 0 Å². The van der Waals surface area contributed by atoms with E-state index in [1.165, 1.54) is 0 Å². The van der Waals surface area contributed by atoms with Crippen molar-refractivity contribution >= 4 is 23.5 Å². The Hall–Kier alpha value is -1.72. The van der Waals surface area contributed by atoms with Crippen LogP contribution in [0.4, 0.5) is 0 Å². The summed E-state index contributed by atoms with van der Waals surface area (Å²) in [6.07, 6.45) is 0.0416. The van der Waals surface area contributed by atoms with E-state index < -0.39 is 41.0 Å². The first-order valence-corrected chi connectivity index (χ1v) is 5.44. The van der Waals surface area contributed by atoms with Crippen LogP contribution in [-0.2, 0) is 19.2 Å². The summed E-state index contributed by atoms with van der Waals surface area (Å²) in [5, 5.41) is 18.3. The van der Waals surface area contributed by atoms with Crippen LogP contribution in [0.15, 0.2) is 0 Å². The molecule has 2 N–H and O–H groups in total. The first kappa shape index (κ1) is 10.4. The molecule has 4 aliphatic rings. The number of carbonyl (C=O) groups is 4. The topological polar surface area (TPSA) is 109 Å². The van der Waals surface area contributed by atoms with Gasteiger partial charge in [-0.2, -0.15) is 0 Å². The first-order chi connectivity index (χ1) is 7.92. The molecule has 4 saturated carbocycles. The summed E-state index contributed by atoms with van der Waals surface area (Å²) >= 11 is 0. The van der Waals surface area contributed by atoms with E-state index in [9.17, 15) is 19.2 Å². The Morgan fingerprint density at radius 3 is 1.59 bits per heavy atom. The number of carboxylic acids is 2. The van der Waals surface area contributed by atoms with Crippen molar-refractivity contribution in [2.45, 2.75) is 12.8 Å². The van der Waals surface area contributed by atoms with E-state index in [2.05, 4.69) is 0 Å². The normalized spacial score (nSPS) is 40.9. The standard InChI is InChI=1S/C11H10O6/c12-5-1-3-6(13)2-4(5)8-7(3)11(8,9(14)15)10(16)17/h3-4,7-8H,1-2H2,(H,14,15)(H,16,17)/t3-,4+,7-,8+. The fourth-order valence-electron chi connectivity index (χ4n) is 3.86. The molecule has 0 aromatic rings. The molecule has 17 heavy (non-hydrogen) atoms. The highest BCUT2D eigenvalue weighted by molar-refractivity contribution is 6.09. The maximum Gasteiger partial charge on any atom is 0.321 e. The van der Waals surface area contributed by atoms with E-state index in [1.54, 1.807) is 0 Å². The van der Waals surface area contributed by atoms with Gasteiger partial charge in [0.25, 0.3) is 0 Å². The SMILES string of the molecule is O=C1C[C@H]2C(=O)C[C@H]1[C@@H]1[C@H]2C1(C(=O)O)C(=O)O. The van der Waals surface area contributed by atoms with Crippen molar-refractivity contribution in [2.24, 2.45) is 29.1 Å². The zero-order chi connectivity index (χ0) is 12.5. The summed E-state index contributed by atoms with van der Waals surface area (Å²) in [5.41, 5.74) is -1.90. The summed E-state index contributed by atoms with van der Waals surface area (Å²) in [6, 6.07) is 0. The summed E-state index contributed by atoms with van der Waals surface area (Å²) in [6.45, 7) is 0. The maximum absolute atomic E-state index is 11.6. The van der Waals surface area contributed by atoms with Crippen LogP contribution in [-0.4, -0.2) is 33.7 Å². The van der Waals surface area contributed by atoms with Gasteiger partial charge >= 0.3 is 11.9 Å². The van der Waals surface area contributed by atoms with E-state index in [0.717, 1.165) is 0 Å². The van der Waals surface area contributed by atoms with E-state index in [1.807, 2.05) is 0 Å². The highest BCUT2D eigenvalue weighted by atomic mass is 16.4. The molecule has 0 radical (unpaired) electrons. The number of fused-ring (bicyclic) bond motifs is 2. The predicted molar refractivity (Wildman–Crippen MR) is 50.9 cm³/mol. The van der Waals surface area contributed by atoms with Crippen molar-refractivity contribution in [1.29, 1.82) is 0 Å². The van der Waals surface area contributed by atoms with Crippen LogP contribution in [0.3, 0.4) is 0 Å². The van der Waals surface area contributed by atoms with Gasteiger partial charge in [-0.15, -0.1) is 0 Å². The summed E-state index contributed by atoms with van der Waals surface area (Å²) < 4.78 is 0. The molecule has 4 atom stereocenters. The Kier molecular flexibility index (Phi) is 1.69. The van der Waals surface area contributed by atoms with Crippen LogP contribution in [0.25, 0.3) is 0 Å². The first-order valence-electron chi connectivity index (χ1n) is 5.44. The Labute approximate surface area is 95.6 Å². The lowest BCUT2D eigenvalue weighted by atomic mass is 9.69. The molecule has 4 aliphatic carbocycles. The molecule has 0 aromatic carbocycles. The number of hydrogen-bond acceptors (Lipinski definition) is 4. The van der Waals surface area contributed by atoms with Crippen LogP contribution in [0.1, 0.15) is 12.8 Å². The van der Waals surface area contributed by atoms with Gasteiger partial charge in [0.1, 0.15) is 11.6 Å².